The maximum absolute atomic E-state index is 12.4. The molecule has 4 rings (SSSR count). The first kappa shape index (κ1) is 20.7. The van der Waals surface area contributed by atoms with Crippen LogP contribution in [0.5, 0.6) is 5.75 Å². The summed E-state index contributed by atoms with van der Waals surface area (Å²) in [5.74, 6) is 0.455. The van der Waals surface area contributed by atoms with E-state index in [9.17, 15) is 9.59 Å². The Morgan fingerprint density at radius 2 is 1.84 bits per heavy atom. The SMILES string of the molecule is Cc1ccc(C(C)C)c(OCC(=O)OCc2cc(=O)oc3ccc4ccccc4c23)c1. The van der Waals surface area contributed by atoms with Gasteiger partial charge in [0.25, 0.3) is 0 Å². The highest BCUT2D eigenvalue weighted by molar-refractivity contribution is 6.07. The highest BCUT2D eigenvalue weighted by Gasteiger charge is 2.14. The lowest BCUT2D eigenvalue weighted by Gasteiger charge is -2.15. The van der Waals surface area contributed by atoms with Crippen LogP contribution in [-0.4, -0.2) is 12.6 Å². The molecule has 3 aromatic carbocycles. The molecule has 0 unspecified atom stereocenters. The number of carbonyl (C=O) groups is 1. The number of aryl methyl sites for hydroxylation is 1. The smallest absolute Gasteiger partial charge is 0.344 e. The van der Waals surface area contributed by atoms with Crippen LogP contribution in [0, 0.1) is 6.92 Å². The standard InChI is InChI=1S/C26H24O5/c1-16(2)20-10-8-17(3)12-23(20)29-15-25(28)30-14-19-13-24(27)31-22-11-9-18-6-4-5-7-21(18)26(19)22/h4-13,16H,14-15H2,1-3H3. The van der Waals surface area contributed by atoms with Gasteiger partial charge in [0.05, 0.1) is 0 Å². The summed E-state index contributed by atoms with van der Waals surface area (Å²) in [4.78, 5) is 24.4. The van der Waals surface area contributed by atoms with Gasteiger partial charge in [-0.25, -0.2) is 9.59 Å². The average molecular weight is 416 g/mol. The molecule has 0 N–H and O–H groups in total. The number of carbonyl (C=O) groups excluding carboxylic acids is 1. The molecule has 5 nitrogen and oxygen atoms in total. The van der Waals surface area contributed by atoms with Crippen LogP contribution in [-0.2, 0) is 16.1 Å². The number of fused-ring (bicyclic) bond motifs is 3. The molecule has 0 aliphatic rings. The molecule has 0 spiro atoms. The molecule has 0 saturated carbocycles. The third-order valence-corrected chi connectivity index (χ3v) is 5.24. The number of ether oxygens (including phenoxy) is 2. The predicted molar refractivity (Wildman–Crippen MR) is 121 cm³/mol. The van der Waals surface area contributed by atoms with Crippen molar-refractivity contribution in [2.45, 2.75) is 33.3 Å². The van der Waals surface area contributed by atoms with E-state index in [1.807, 2.05) is 55.5 Å². The normalized spacial score (nSPS) is 11.2. The Kier molecular flexibility index (Phi) is 5.76. The number of hydrogen-bond donors (Lipinski definition) is 0. The van der Waals surface area contributed by atoms with Gasteiger partial charge in [-0.3, -0.25) is 0 Å². The molecule has 0 aliphatic heterocycles. The molecular weight excluding hydrogens is 392 g/mol. The second-order valence-corrected chi connectivity index (χ2v) is 7.90. The van der Waals surface area contributed by atoms with E-state index in [0.29, 0.717) is 16.9 Å². The zero-order valence-electron chi connectivity index (χ0n) is 17.8. The van der Waals surface area contributed by atoms with Crippen molar-refractivity contribution in [1.82, 2.24) is 0 Å². The van der Waals surface area contributed by atoms with Gasteiger partial charge in [-0.2, -0.15) is 0 Å². The van der Waals surface area contributed by atoms with Crippen LogP contribution in [0.2, 0.25) is 0 Å². The second kappa shape index (κ2) is 8.64. The molecule has 5 heteroatoms. The summed E-state index contributed by atoms with van der Waals surface area (Å²) >= 11 is 0. The predicted octanol–water partition coefficient (Wildman–Crippen LogP) is 5.50. The minimum atomic E-state index is -0.502. The summed E-state index contributed by atoms with van der Waals surface area (Å²) in [6.45, 7) is 5.89. The summed E-state index contributed by atoms with van der Waals surface area (Å²) in [5.41, 5.74) is 2.69. The van der Waals surface area contributed by atoms with E-state index in [1.54, 1.807) is 6.07 Å². The summed E-state index contributed by atoms with van der Waals surface area (Å²) in [6.07, 6.45) is 0. The van der Waals surface area contributed by atoms with E-state index in [2.05, 4.69) is 13.8 Å². The Labute approximate surface area is 180 Å². The fraction of sp³-hybridized carbons (Fsp3) is 0.231. The van der Waals surface area contributed by atoms with Crippen LogP contribution in [0.1, 0.15) is 36.5 Å². The van der Waals surface area contributed by atoms with Crippen LogP contribution in [0.3, 0.4) is 0 Å². The van der Waals surface area contributed by atoms with Crippen molar-refractivity contribution in [2.75, 3.05) is 6.61 Å². The van der Waals surface area contributed by atoms with Crippen LogP contribution in [0.25, 0.3) is 21.7 Å². The molecule has 1 heterocycles. The van der Waals surface area contributed by atoms with Gasteiger partial charge in [0.1, 0.15) is 17.9 Å². The molecule has 4 aromatic rings. The molecule has 0 radical (unpaired) electrons. The molecule has 0 atom stereocenters. The molecule has 0 amide bonds. The lowest BCUT2D eigenvalue weighted by atomic mass is 10.0. The Balaban J connectivity index is 1.53. The topological polar surface area (TPSA) is 65.7 Å². The van der Waals surface area contributed by atoms with Gasteiger partial charge in [-0.1, -0.05) is 56.3 Å². The third-order valence-electron chi connectivity index (χ3n) is 5.24. The van der Waals surface area contributed by atoms with Crippen molar-refractivity contribution in [2.24, 2.45) is 0 Å². The zero-order chi connectivity index (χ0) is 22.0. The lowest BCUT2D eigenvalue weighted by molar-refractivity contribution is -0.147. The van der Waals surface area contributed by atoms with Gasteiger partial charge in [-0.15, -0.1) is 0 Å². The van der Waals surface area contributed by atoms with Gasteiger partial charge in [0.2, 0.25) is 0 Å². The maximum atomic E-state index is 12.4. The van der Waals surface area contributed by atoms with Crippen LogP contribution >= 0.6 is 0 Å². The molecule has 158 valence electrons. The summed E-state index contributed by atoms with van der Waals surface area (Å²) in [6, 6.07) is 18.8. The number of hydrogen-bond acceptors (Lipinski definition) is 5. The Bertz CT molecular complexity index is 1320. The average Bonchev–Trinajstić information content (AvgIpc) is 2.75. The highest BCUT2D eigenvalue weighted by atomic mass is 16.6. The van der Waals surface area contributed by atoms with Gasteiger partial charge >= 0.3 is 11.6 Å². The van der Waals surface area contributed by atoms with Crippen molar-refractivity contribution in [3.8, 4) is 5.75 Å². The molecule has 0 bridgehead atoms. The fourth-order valence-corrected chi connectivity index (χ4v) is 3.71. The van der Waals surface area contributed by atoms with Gasteiger partial charge in [0, 0.05) is 17.0 Å². The van der Waals surface area contributed by atoms with Crippen molar-refractivity contribution < 1.29 is 18.7 Å². The van der Waals surface area contributed by atoms with E-state index < -0.39 is 11.6 Å². The van der Waals surface area contributed by atoms with Gasteiger partial charge in [-0.05, 0) is 46.9 Å². The minimum absolute atomic E-state index is 0.0385. The van der Waals surface area contributed by atoms with Crippen molar-refractivity contribution >= 4 is 27.7 Å². The van der Waals surface area contributed by atoms with E-state index in [0.717, 1.165) is 27.3 Å². The quantitative estimate of drug-likeness (QED) is 0.236. The summed E-state index contributed by atoms with van der Waals surface area (Å²) in [7, 11) is 0. The van der Waals surface area contributed by atoms with Crippen molar-refractivity contribution in [3.63, 3.8) is 0 Å². The molecule has 31 heavy (non-hydrogen) atoms. The minimum Gasteiger partial charge on any atom is -0.482 e. The van der Waals surface area contributed by atoms with Crippen LogP contribution in [0.15, 0.2) is 69.9 Å². The zero-order valence-corrected chi connectivity index (χ0v) is 17.8. The molecule has 0 saturated heterocycles. The number of benzene rings is 3. The molecular formula is C26H24O5. The van der Waals surface area contributed by atoms with Crippen LogP contribution < -0.4 is 10.4 Å². The largest absolute Gasteiger partial charge is 0.482 e. The molecule has 0 fully saturated rings. The van der Waals surface area contributed by atoms with E-state index >= 15 is 0 Å². The summed E-state index contributed by atoms with van der Waals surface area (Å²) < 4.78 is 16.6. The first-order valence-corrected chi connectivity index (χ1v) is 10.3. The lowest BCUT2D eigenvalue weighted by Crippen LogP contribution is -2.16. The Hall–Kier alpha value is -3.60. The van der Waals surface area contributed by atoms with Gasteiger partial charge < -0.3 is 13.9 Å². The Morgan fingerprint density at radius 3 is 2.65 bits per heavy atom. The first-order valence-electron chi connectivity index (χ1n) is 10.3. The number of rotatable bonds is 6. The van der Waals surface area contributed by atoms with Crippen molar-refractivity contribution in [3.05, 3.63) is 87.8 Å². The van der Waals surface area contributed by atoms with E-state index in [-0.39, 0.29) is 19.1 Å². The molecule has 0 aliphatic carbocycles. The highest BCUT2D eigenvalue weighted by Crippen LogP contribution is 2.29. The maximum Gasteiger partial charge on any atom is 0.344 e. The third kappa shape index (κ3) is 4.45. The van der Waals surface area contributed by atoms with Crippen molar-refractivity contribution in [1.29, 1.82) is 0 Å². The Morgan fingerprint density at radius 1 is 1.03 bits per heavy atom. The van der Waals surface area contributed by atoms with E-state index in [4.69, 9.17) is 13.9 Å². The van der Waals surface area contributed by atoms with Gasteiger partial charge in [0.15, 0.2) is 6.61 Å². The monoisotopic (exact) mass is 416 g/mol. The second-order valence-electron chi connectivity index (χ2n) is 7.90. The molecule has 1 aromatic heterocycles. The van der Waals surface area contributed by atoms with Crippen LogP contribution in [0.4, 0.5) is 0 Å². The number of esters is 1. The summed E-state index contributed by atoms with van der Waals surface area (Å²) in [5, 5.41) is 2.72. The fourth-order valence-electron chi connectivity index (χ4n) is 3.71. The first-order chi connectivity index (χ1) is 14.9. The van der Waals surface area contributed by atoms with E-state index in [1.165, 1.54) is 6.07 Å².